The number of nitrogens with zero attached hydrogens (tertiary/aromatic N) is 2. The van der Waals surface area contributed by atoms with Gasteiger partial charge in [-0.1, -0.05) is 40.9 Å². The Labute approximate surface area is 177 Å². The normalized spacial score (nSPS) is 16.2. The maximum Gasteiger partial charge on any atom is 0.252 e. The van der Waals surface area contributed by atoms with E-state index in [4.69, 9.17) is 28.9 Å². The van der Waals surface area contributed by atoms with Crippen molar-refractivity contribution in [1.82, 2.24) is 5.32 Å². The zero-order valence-corrected chi connectivity index (χ0v) is 16.9. The third-order valence-corrected chi connectivity index (χ3v) is 4.33. The molecule has 0 saturated heterocycles. The first-order valence-electron chi connectivity index (χ1n) is 8.61. The van der Waals surface area contributed by atoms with E-state index in [1.165, 1.54) is 0 Å². The number of halogens is 2. The van der Waals surface area contributed by atoms with Crippen molar-refractivity contribution in [3.8, 4) is 0 Å². The third-order valence-electron chi connectivity index (χ3n) is 3.89. The fraction of sp³-hybridized carbons (Fsp3) is 0.158. The largest absolute Gasteiger partial charge is 0.369 e. The van der Waals surface area contributed by atoms with Gasteiger partial charge in [0.05, 0.1) is 6.42 Å². The minimum Gasteiger partial charge on any atom is -0.369 e. The molecule has 1 heterocycles. The van der Waals surface area contributed by atoms with Crippen molar-refractivity contribution in [2.45, 2.75) is 19.4 Å². The van der Waals surface area contributed by atoms with Crippen molar-refractivity contribution in [2.24, 2.45) is 15.7 Å². The standard InChI is InChI=1S/C19H18Cl2N6O2/c1-10-2-4-13(5-3-10)24-18(22)27-19-25-15(17(29)26-19)9-16(28)23-14-7-11(20)6-12(21)8-14/h2-8,15H,9H2,1H3,(H,23,28)(H4,22,24,25,26,27,29)/t15-/m1/s1. The molecule has 0 fully saturated rings. The van der Waals surface area contributed by atoms with Crippen LogP contribution in [0.2, 0.25) is 10.0 Å². The summed E-state index contributed by atoms with van der Waals surface area (Å²) in [5.41, 5.74) is 8.14. The van der Waals surface area contributed by atoms with Crippen molar-refractivity contribution in [3.63, 3.8) is 0 Å². The number of hydrogen-bond donors (Lipinski definition) is 4. The Morgan fingerprint density at radius 3 is 2.45 bits per heavy atom. The molecule has 2 amide bonds. The van der Waals surface area contributed by atoms with Gasteiger partial charge in [0.1, 0.15) is 6.04 Å². The fourth-order valence-electron chi connectivity index (χ4n) is 2.57. The van der Waals surface area contributed by atoms with E-state index in [9.17, 15) is 9.59 Å². The number of nitrogens with two attached hydrogens (primary N) is 1. The monoisotopic (exact) mass is 432 g/mol. The molecular weight excluding hydrogens is 415 g/mol. The summed E-state index contributed by atoms with van der Waals surface area (Å²) in [5.74, 6) is -0.753. The Balaban J connectivity index is 1.61. The zero-order valence-electron chi connectivity index (χ0n) is 15.4. The van der Waals surface area contributed by atoms with Gasteiger partial charge in [0, 0.05) is 21.4 Å². The van der Waals surface area contributed by atoms with Gasteiger partial charge in [-0.2, -0.15) is 4.99 Å². The van der Waals surface area contributed by atoms with Crippen molar-refractivity contribution in [1.29, 1.82) is 0 Å². The molecule has 5 N–H and O–H groups in total. The molecule has 1 aliphatic rings. The molecule has 150 valence electrons. The third kappa shape index (κ3) is 5.94. The summed E-state index contributed by atoms with van der Waals surface area (Å²) >= 11 is 11.8. The number of amides is 2. The summed E-state index contributed by atoms with van der Waals surface area (Å²) in [6.07, 6.45) is -0.166. The maximum absolute atomic E-state index is 12.2. The Hall–Kier alpha value is -3.10. The van der Waals surface area contributed by atoms with Crippen LogP contribution in [0.1, 0.15) is 12.0 Å². The van der Waals surface area contributed by atoms with Crippen LogP contribution in [-0.4, -0.2) is 29.8 Å². The van der Waals surface area contributed by atoms with Crippen LogP contribution in [-0.2, 0) is 9.59 Å². The van der Waals surface area contributed by atoms with Gasteiger partial charge in [0.15, 0.2) is 0 Å². The number of nitrogens with one attached hydrogen (secondary N) is 3. The average Bonchev–Trinajstić information content (AvgIpc) is 2.94. The number of rotatable bonds is 4. The van der Waals surface area contributed by atoms with Crippen molar-refractivity contribution >= 4 is 58.3 Å². The first-order valence-corrected chi connectivity index (χ1v) is 9.36. The first kappa shape index (κ1) is 20.6. The second kappa shape index (κ2) is 8.93. The van der Waals surface area contributed by atoms with Gasteiger partial charge < -0.3 is 16.4 Å². The maximum atomic E-state index is 12.2. The van der Waals surface area contributed by atoms with Crippen LogP contribution in [0.3, 0.4) is 0 Å². The smallest absolute Gasteiger partial charge is 0.252 e. The first-order chi connectivity index (χ1) is 13.8. The van der Waals surface area contributed by atoms with Gasteiger partial charge in [-0.15, -0.1) is 0 Å². The van der Waals surface area contributed by atoms with E-state index >= 15 is 0 Å². The van der Waals surface area contributed by atoms with Crippen LogP contribution in [0.15, 0.2) is 52.4 Å². The van der Waals surface area contributed by atoms with Gasteiger partial charge in [-0.3, -0.25) is 14.9 Å². The number of benzene rings is 2. The van der Waals surface area contributed by atoms with Crippen LogP contribution in [0.25, 0.3) is 0 Å². The minimum absolute atomic E-state index is 0.0377. The topological polar surface area (TPSA) is 121 Å². The summed E-state index contributed by atoms with van der Waals surface area (Å²) in [7, 11) is 0. The van der Waals surface area contributed by atoms with Crippen LogP contribution in [0.4, 0.5) is 11.4 Å². The predicted molar refractivity (Wildman–Crippen MR) is 115 cm³/mol. The van der Waals surface area contributed by atoms with E-state index in [-0.39, 0.29) is 18.3 Å². The Kier molecular flexibility index (Phi) is 6.36. The molecule has 8 nitrogen and oxygen atoms in total. The molecule has 10 heteroatoms. The number of hydrogen-bond acceptors (Lipinski definition) is 4. The number of aliphatic imine (C=N–C) groups is 2. The van der Waals surface area contributed by atoms with Gasteiger partial charge in [0.2, 0.25) is 17.8 Å². The second-order valence-corrected chi connectivity index (χ2v) is 7.23. The van der Waals surface area contributed by atoms with Crippen LogP contribution < -0.4 is 21.7 Å². The fourth-order valence-corrected chi connectivity index (χ4v) is 3.09. The van der Waals surface area contributed by atoms with E-state index in [1.54, 1.807) is 18.2 Å². The lowest BCUT2D eigenvalue weighted by molar-refractivity contribution is -0.123. The Morgan fingerprint density at radius 1 is 1.14 bits per heavy atom. The van der Waals surface area contributed by atoms with Crippen LogP contribution in [0, 0.1) is 6.92 Å². The summed E-state index contributed by atoms with van der Waals surface area (Å²) in [5, 5.41) is 8.81. The molecular formula is C19H18Cl2N6O2. The molecule has 0 spiro atoms. The average molecular weight is 433 g/mol. The van der Waals surface area contributed by atoms with Gasteiger partial charge in [-0.25, -0.2) is 4.99 Å². The molecule has 0 radical (unpaired) electrons. The van der Waals surface area contributed by atoms with Gasteiger partial charge >= 0.3 is 0 Å². The number of carbonyl (C=O) groups excluding carboxylic acids is 2. The van der Waals surface area contributed by atoms with Gasteiger partial charge in [0.25, 0.3) is 5.91 Å². The molecule has 0 saturated carbocycles. The summed E-state index contributed by atoms with van der Waals surface area (Å²) in [6.45, 7) is 1.97. The van der Waals surface area contributed by atoms with E-state index in [0.29, 0.717) is 15.7 Å². The molecule has 2 aromatic carbocycles. The molecule has 29 heavy (non-hydrogen) atoms. The molecule has 2 aromatic rings. The SMILES string of the molecule is Cc1ccc(NC(N)=NC2=N[C@H](CC(=O)Nc3cc(Cl)cc(Cl)c3)C(=O)N2)cc1. The van der Waals surface area contributed by atoms with Gasteiger partial charge in [-0.05, 0) is 37.3 Å². The van der Waals surface area contributed by atoms with E-state index in [1.807, 2.05) is 31.2 Å². The highest BCUT2D eigenvalue weighted by atomic mass is 35.5. The van der Waals surface area contributed by atoms with E-state index in [2.05, 4.69) is 25.9 Å². The molecule has 0 aromatic heterocycles. The summed E-state index contributed by atoms with van der Waals surface area (Å²) < 4.78 is 0. The summed E-state index contributed by atoms with van der Waals surface area (Å²) in [6, 6.07) is 11.3. The predicted octanol–water partition coefficient (Wildman–Crippen LogP) is 2.91. The number of aryl methyl sites for hydroxylation is 1. The minimum atomic E-state index is -0.907. The highest BCUT2D eigenvalue weighted by molar-refractivity contribution is 6.35. The molecule has 3 rings (SSSR count). The quantitative estimate of drug-likeness (QED) is 0.438. The van der Waals surface area contributed by atoms with Crippen molar-refractivity contribution in [2.75, 3.05) is 10.6 Å². The Bertz CT molecular complexity index is 984. The number of guanidine groups is 2. The summed E-state index contributed by atoms with van der Waals surface area (Å²) in [4.78, 5) is 32.5. The lowest BCUT2D eigenvalue weighted by Gasteiger charge is -2.07. The van der Waals surface area contributed by atoms with E-state index < -0.39 is 17.9 Å². The molecule has 1 atom stereocenters. The second-order valence-electron chi connectivity index (χ2n) is 6.36. The van der Waals surface area contributed by atoms with Crippen LogP contribution >= 0.6 is 23.2 Å². The number of anilines is 2. The molecule has 1 aliphatic heterocycles. The number of carbonyl (C=O) groups is 2. The highest BCUT2D eigenvalue weighted by Crippen LogP contribution is 2.22. The highest BCUT2D eigenvalue weighted by Gasteiger charge is 2.28. The van der Waals surface area contributed by atoms with Crippen molar-refractivity contribution in [3.05, 3.63) is 58.1 Å². The van der Waals surface area contributed by atoms with Crippen LogP contribution in [0.5, 0.6) is 0 Å². The lowest BCUT2D eigenvalue weighted by Crippen LogP contribution is -2.32. The zero-order chi connectivity index (χ0) is 21.0. The van der Waals surface area contributed by atoms with E-state index in [0.717, 1.165) is 11.3 Å². The molecule has 0 aliphatic carbocycles. The lowest BCUT2D eigenvalue weighted by atomic mass is 10.2. The molecule has 0 bridgehead atoms. The van der Waals surface area contributed by atoms with Crippen molar-refractivity contribution < 1.29 is 9.59 Å². The Morgan fingerprint density at radius 2 is 1.79 bits per heavy atom. The molecule has 0 unspecified atom stereocenters.